The normalized spacial score (nSPS) is 14.4. The van der Waals surface area contributed by atoms with Crippen LogP contribution in [0.4, 0.5) is 11.4 Å². The van der Waals surface area contributed by atoms with E-state index in [1.165, 1.54) is 0 Å². The lowest BCUT2D eigenvalue weighted by Crippen LogP contribution is -2.37. The molecule has 0 atom stereocenters. The van der Waals surface area contributed by atoms with Crippen molar-refractivity contribution >= 4 is 17.3 Å². The Hall–Kier alpha value is -1.78. The molecule has 2 rings (SSSR count). The number of carbonyl (C=O) groups is 1. The van der Waals surface area contributed by atoms with Crippen LogP contribution in [0.25, 0.3) is 0 Å². The summed E-state index contributed by atoms with van der Waals surface area (Å²) in [5.74, 6) is -0.818. The summed E-state index contributed by atoms with van der Waals surface area (Å²) in [6.07, 6.45) is 3.38. The van der Waals surface area contributed by atoms with E-state index in [1.807, 2.05) is 6.07 Å². The molecular formula is C9H11N3O2. The molecule has 1 aromatic rings. The number of hydrogen-bond donors (Lipinski definition) is 2. The third-order valence-electron chi connectivity index (χ3n) is 2.16. The first-order chi connectivity index (χ1) is 6.77. The number of carboxylic acids is 1. The minimum atomic E-state index is -0.818. The lowest BCUT2D eigenvalue weighted by Gasteiger charge is -2.29. The summed E-state index contributed by atoms with van der Waals surface area (Å²) in [6, 6.07) is 1.85. The Kier molecular flexibility index (Phi) is 2.22. The number of nitrogens with zero attached hydrogens (tertiary/aromatic N) is 2. The zero-order valence-corrected chi connectivity index (χ0v) is 7.60. The number of nitrogens with one attached hydrogen (secondary N) is 1. The van der Waals surface area contributed by atoms with E-state index in [1.54, 1.807) is 17.3 Å². The predicted molar refractivity (Wildman–Crippen MR) is 52.6 cm³/mol. The molecule has 5 nitrogen and oxygen atoms in total. The van der Waals surface area contributed by atoms with Gasteiger partial charge in [-0.05, 0) is 6.07 Å². The molecule has 2 N–H and O–H groups in total. The van der Waals surface area contributed by atoms with Crippen molar-refractivity contribution in [3.05, 3.63) is 18.5 Å². The van der Waals surface area contributed by atoms with E-state index in [2.05, 4.69) is 10.3 Å². The summed E-state index contributed by atoms with van der Waals surface area (Å²) in [5, 5.41) is 11.9. The Morgan fingerprint density at radius 2 is 2.57 bits per heavy atom. The van der Waals surface area contributed by atoms with E-state index in [9.17, 15) is 4.79 Å². The Morgan fingerprint density at radius 1 is 1.71 bits per heavy atom. The van der Waals surface area contributed by atoms with E-state index >= 15 is 0 Å². The summed E-state index contributed by atoms with van der Waals surface area (Å²) < 4.78 is 0. The smallest absolute Gasteiger partial charge is 0.323 e. The number of aromatic nitrogens is 1. The van der Waals surface area contributed by atoms with Gasteiger partial charge in [0.05, 0.1) is 17.6 Å². The molecule has 2 heterocycles. The molecule has 1 aliphatic heterocycles. The quantitative estimate of drug-likeness (QED) is 0.711. The highest BCUT2D eigenvalue weighted by molar-refractivity contribution is 5.78. The Morgan fingerprint density at radius 3 is 3.36 bits per heavy atom. The minimum absolute atomic E-state index is 0.0281. The molecule has 0 unspecified atom stereocenters. The fraction of sp³-hybridized carbons (Fsp3) is 0.333. The van der Waals surface area contributed by atoms with Crippen molar-refractivity contribution in [2.45, 2.75) is 0 Å². The van der Waals surface area contributed by atoms with Gasteiger partial charge < -0.3 is 15.3 Å². The molecule has 1 aliphatic rings. The van der Waals surface area contributed by atoms with Gasteiger partial charge in [-0.2, -0.15) is 0 Å². The van der Waals surface area contributed by atoms with Gasteiger partial charge in [-0.1, -0.05) is 0 Å². The van der Waals surface area contributed by atoms with Gasteiger partial charge >= 0.3 is 5.97 Å². The van der Waals surface area contributed by atoms with Crippen molar-refractivity contribution in [3.63, 3.8) is 0 Å². The van der Waals surface area contributed by atoms with E-state index in [0.29, 0.717) is 6.54 Å². The molecule has 74 valence electrons. The van der Waals surface area contributed by atoms with Gasteiger partial charge in [0, 0.05) is 19.3 Å². The monoisotopic (exact) mass is 193 g/mol. The van der Waals surface area contributed by atoms with Crippen molar-refractivity contribution < 1.29 is 9.90 Å². The molecule has 5 heteroatoms. The lowest BCUT2D eigenvalue weighted by molar-refractivity contribution is -0.135. The van der Waals surface area contributed by atoms with Crippen LogP contribution < -0.4 is 10.2 Å². The van der Waals surface area contributed by atoms with E-state index in [0.717, 1.165) is 17.9 Å². The van der Waals surface area contributed by atoms with Crippen molar-refractivity contribution in [2.75, 3.05) is 29.9 Å². The van der Waals surface area contributed by atoms with E-state index in [4.69, 9.17) is 5.11 Å². The zero-order chi connectivity index (χ0) is 9.97. The fourth-order valence-electron chi connectivity index (χ4n) is 1.56. The number of rotatable bonds is 2. The summed E-state index contributed by atoms with van der Waals surface area (Å²) in [5.41, 5.74) is 1.81. The van der Waals surface area contributed by atoms with Gasteiger partial charge in [-0.25, -0.2) is 0 Å². The topological polar surface area (TPSA) is 65.5 Å². The second-order valence-electron chi connectivity index (χ2n) is 3.13. The zero-order valence-electron chi connectivity index (χ0n) is 7.60. The van der Waals surface area contributed by atoms with Crippen LogP contribution >= 0.6 is 0 Å². The van der Waals surface area contributed by atoms with Crippen LogP contribution in [0.2, 0.25) is 0 Å². The second-order valence-corrected chi connectivity index (χ2v) is 3.13. The molecule has 0 radical (unpaired) electrons. The molecule has 0 saturated heterocycles. The average molecular weight is 193 g/mol. The van der Waals surface area contributed by atoms with Crippen molar-refractivity contribution in [2.24, 2.45) is 0 Å². The minimum Gasteiger partial charge on any atom is -0.480 e. The maximum Gasteiger partial charge on any atom is 0.323 e. The van der Waals surface area contributed by atoms with Gasteiger partial charge in [-0.3, -0.25) is 9.78 Å². The fourth-order valence-corrected chi connectivity index (χ4v) is 1.56. The SMILES string of the molecule is O=C(O)CN1CCNc2ccncc21. The number of hydrogen-bond acceptors (Lipinski definition) is 4. The molecule has 0 saturated carbocycles. The highest BCUT2D eigenvalue weighted by Gasteiger charge is 2.17. The number of pyridine rings is 1. The standard InChI is InChI=1S/C9H11N3O2/c13-9(14)6-12-4-3-11-7-1-2-10-5-8(7)12/h1-2,5,11H,3-4,6H2,(H,13,14). The summed E-state index contributed by atoms with van der Waals surface area (Å²) in [4.78, 5) is 16.4. The Labute approximate surface area is 81.4 Å². The van der Waals surface area contributed by atoms with Crippen LogP contribution in [0.5, 0.6) is 0 Å². The summed E-state index contributed by atoms with van der Waals surface area (Å²) in [7, 11) is 0. The largest absolute Gasteiger partial charge is 0.480 e. The molecule has 14 heavy (non-hydrogen) atoms. The first-order valence-corrected chi connectivity index (χ1v) is 4.42. The predicted octanol–water partition coefficient (Wildman–Crippen LogP) is 0.398. The Balaban J connectivity index is 2.26. The maximum absolute atomic E-state index is 10.6. The molecule has 0 spiro atoms. The van der Waals surface area contributed by atoms with Crippen LogP contribution in [-0.2, 0) is 4.79 Å². The molecule has 0 fully saturated rings. The van der Waals surface area contributed by atoms with Gasteiger partial charge in [0.25, 0.3) is 0 Å². The highest BCUT2D eigenvalue weighted by atomic mass is 16.4. The first-order valence-electron chi connectivity index (χ1n) is 4.42. The van der Waals surface area contributed by atoms with E-state index < -0.39 is 5.97 Å². The van der Waals surface area contributed by atoms with Crippen LogP contribution in [0.1, 0.15) is 0 Å². The van der Waals surface area contributed by atoms with Gasteiger partial charge in [-0.15, -0.1) is 0 Å². The summed E-state index contributed by atoms with van der Waals surface area (Å²) in [6.45, 7) is 1.50. The van der Waals surface area contributed by atoms with E-state index in [-0.39, 0.29) is 6.54 Å². The third kappa shape index (κ3) is 1.61. The third-order valence-corrected chi connectivity index (χ3v) is 2.16. The molecular weight excluding hydrogens is 182 g/mol. The first kappa shape index (κ1) is 8.80. The van der Waals surface area contributed by atoms with Gasteiger partial charge in [0.15, 0.2) is 0 Å². The Bertz CT molecular complexity index is 354. The van der Waals surface area contributed by atoms with Gasteiger partial charge in [0.2, 0.25) is 0 Å². The van der Waals surface area contributed by atoms with Gasteiger partial charge in [0.1, 0.15) is 6.54 Å². The van der Waals surface area contributed by atoms with Crippen LogP contribution in [0, 0.1) is 0 Å². The molecule has 0 aromatic carbocycles. The molecule has 0 aliphatic carbocycles. The summed E-state index contributed by atoms with van der Waals surface area (Å²) >= 11 is 0. The molecule has 0 bridgehead atoms. The van der Waals surface area contributed by atoms with Crippen molar-refractivity contribution in [1.82, 2.24) is 4.98 Å². The number of fused-ring (bicyclic) bond motifs is 1. The highest BCUT2D eigenvalue weighted by Crippen LogP contribution is 2.26. The van der Waals surface area contributed by atoms with Crippen LogP contribution in [0.15, 0.2) is 18.5 Å². The number of aliphatic carboxylic acids is 1. The molecule has 1 aromatic heterocycles. The van der Waals surface area contributed by atoms with Crippen LogP contribution in [-0.4, -0.2) is 35.7 Å². The number of anilines is 2. The van der Waals surface area contributed by atoms with Crippen LogP contribution in [0.3, 0.4) is 0 Å². The lowest BCUT2D eigenvalue weighted by atomic mass is 10.2. The number of carboxylic acid groups (broad SMARTS) is 1. The second kappa shape index (κ2) is 3.53. The maximum atomic E-state index is 10.6. The average Bonchev–Trinajstić information content (AvgIpc) is 2.18. The van der Waals surface area contributed by atoms with Crippen molar-refractivity contribution in [1.29, 1.82) is 0 Å². The molecule has 0 amide bonds. The van der Waals surface area contributed by atoms with Crippen molar-refractivity contribution in [3.8, 4) is 0 Å².